The van der Waals surface area contributed by atoms with Gasteiger partial charge in [-0.1, -0.05) is 6.42 Å². The molecule has 27 heavy (non-hydrogen) atoms. The zero-order valence-electron chi connectivity index (χ0n) is 16.2. The molecule has 0 spiro atoms. The van der Waals surface area contributed by atoms with Gasteiger partial charge in [-0.15, -0.1) is 12.4 Å². The number of halogens is 1. The van der Waals surface area contributed by atoms with Crippen molar-refractivity contribution in [3.63, 3.8) is 0 Å². The van der Waals surface area contributed by atoms with Gasteiger partial charge in [-0.05, 0) is 81.6 Å². The maximum absolute atomic E-state index is 12.4. The smallest absolute Gasteiger partial charge is 0.315 e. The minimum atomic E-state index is -0.0968. The van der Waals surface area contributed by atoms with Crippen LogP contribution in [0, 0.1) is 23.7 Å². The number of carbonyl (C=O) groups is 2. The van der Waals surface area contributed by atoms with Crippen LogP contribution in [0.3, 0.4) is 0 Å². The summed E-state index contributed by atoms with van der Waals surface area (Å²) in [5.74, 6) is 2.87. The molecule has 5 fully saturated rings. The maximum atomic E-state index is 12.4. The second kappa shape index (κ2) is 8.56. The highest BCUT2D eigenvalue weighted by Gasteiger charge is 2.51. The predicted octanol–water partition coefficient (Wildman–Crippen LogP) is 2.31. The van der Waals surface area contributed by atoms with Gasteiger partial charge < -0.3 is 21.7 Å². The van der Waals surface area contributed by atoms with Gasteiger partial charge in [0.25, 0.3) is 0 Å². The first-order valence-electron chi connectivity index (χ1n) is 10.6. The molecule has 2 atom stereocenters. The third kappa shape index (κ3) is 4.70. The lowest BCUT2D eigenvalue weighted by Crippen LogP contribution is -2.61. The van der Waals surface area contributed by atoms with E-state index in [-0.39, 0.29) is 35.9 Å². The van der Waals surface area contributed by atoms with E-state index in [1.54, 1.807) is 0 Å². The predicted molar refractivity (Wildman–Crippen MR) is 108 cm³/mol. The van der Waals surface area contributed by atoms with Gasteiger partial charge in [0.05, 0.1) is 0 Å². The SMILES string of the molecule is Cl.NCC1CCCC1NC(=O)CCNC(=O)NC12CC3CC(CC(C3)C1)C2. The van der Waals surface area contributed by atoms with Crippen molar-refractivity contribution < 1.29 is 9.59 Å². The molecule has 0 heterocycles. The van der Waals surface area contributed by atoms with Crippen molar-refractivity contribution in [2.75, 3.05) is 13.1 Å². The quantitative estimate of drug-likeness (QED) is 0.552. The van der Waals surface area contributed by atoms with Crippen LogP contribution in [0.25, 0.3) is 0 Å². The minimum absolute atomic E-state index is 0. The lowest BCUT2D eigenvalue weighted by Gasteiger charge is -2.56. The minimum Gasteiger partial charge on any atom is -0.353 e. The summed E-state index contributed by atoms with van der Waals surface area (Å²) in [5, 5.41) is 9.28. The Kier molecular flexibility index (Phi) is 6.57. The Morgan fingerprint density at radius 2 is 1.63 bits per heavy atom. The molecule has 3 amide bonds. The van der Waals surface area contributed by atoms with E-state index in [1.807, 2.05) is 0 Å². The number of carbonyl (C=O) groups excluding carboxylic acids is 2. The molecule has 0 aromatic heterocycles. The summed E-state index contributed by atoms with van der Waals surface area (Å²) in [6, 6.07) is 0.119. The Bertz CT molecular complexity index is 521. The van der Waals surface area contributed by atoms with E-state index < -0.39 is 0 Å². The average molecular weight is 399 g/mol. The third-order valence-corrected chi connectivity index (χ3v) is 7.36. The largest absolute Gasteiger partial charge is 0.353 e. The molecular weight excluding hydrogens is 364 g/mol. The zero-order chi connectivity index (χ0) is 18.1. The molecule has 154 valence electrons. The first-order chi connectivity index (χ1) is 12.5. The summed E-state index contributed by atoms with van der Waals surface area (Å²) in [5.41, 5.74) is 5.79. The number of rotatable bonds is 6. The van der Waals surface area contributed by atoms with Crippen LogP contribution in [0.5, 0.6) is 0 Å². The van der Waals surface area contributed by atoms with Crippen LogP contribution >= 0.6 is 12.4 Å². The van der Waals surface area contributed by atoms with Gasteiger partial charge in [0.2, 0.25) is 5.91 Å². The number of amides is 3. The van der Waals surface area contributed by atoms with Crippen LogP contribution in [0.2, 0.25) is 0 Å². The molecule has 0 aromatic rings. The van der Waals surface area contributed by atoms with Crippen LogP contribution in [-0.4, -0.2) is 36.6 Å². The number of nitrogens with one attached hydrogen (secondary N) is 3. The normalized spacial score (nSPS) is 38.9. The van der Waals surface area contributed by atoms with E-state index in [4.69, 9.17) is 5.73 Å². The molecule has 5 saturated carbocycles. The molecule has 0 saturated heterocycles. The lowest BCUT2D eigenvalue weighted by molar-refractivity contribution is -0.121. The summed E-state index contributed by atoms with van der Waals surface area (Å²) in [6.45, 7) is 1.03. The Balaban J connectivity index is 0.00000210. The highest BCUT2D eigenvalue weighted by molar-refractivity contribution is 5.85. The number of nitrogens with two attached hydrogens (primary N) is 1. The fourth-order valence-electron chi connectivity index (χ4n) is 6.63. The second-order valence-electron chi connectivity index (χ2n) is 9.43. The Morgan fingerprint density at radius 1 is 1.00 bits per heavy atom. The van der Waals surface area contributed by atoms with Gasteiger partial charge in [-0.3, -0.25) is 4.79 Å². The topological polar surface area (TPSA) is 96.2 Å². The Labute approximate surface area is 168 Å². The number of hydrogen-bond acceptors (Lipinski definition) is 3. The zero-order valence-corrected chi connectivity index (χ0v) is 17.0. The van der Waals surface area contributed by atoms with Crippen molar-refractivity contribution in [1.29, 1.82) is 0 Å². The summed E-state index contributed by atoms with van der Waals surface area (Å²) < 4.78 is 0. The van der Waals surface area contributed by atoms with Crippen molar-refractivity contribution in [2.24, 2.45) is 29.4 Å². The summed E-state index contributed by atoms with van der Waals surface area (Å²) in [6.07, 6.45) is 11.1. The third-order valence-electron chi connectivity index (χ3n) is 7.36. The molecule has 7 heteroatoms. The highest BCUT2D eigenvalue weighted by Crippen LogP contribution is 2.55. The van der Waals surface area contributed by atoms with Crippen molar-refractivity contribution in [3.05, 3.63) is 0 Å². The van der Waals surface area contributed by atoms with Crippen LogP contribution in [-0.2, 0) is 4.79 Å². The van der Waals surface area contributed by atoms with Crippen molar-refractivity contribution >= 4 is 24.3 Å². The van der Waals surface area contributed by atoms with Crippen LogP contribution in [0.4, 0.5) is 4.79 Å². The molecule has 4 bridgehead atoms. The fourth-order valence-corrected chi connectivity index (χ4v) is 6.63. The molecule has 0 radical (unpaired) electrons. The number of hydrogen-bond donors (Lipinski definition) is 4. The van der Waals surface area contributed by atoms with E-state index in [0.29, 0.717) is 25.4 Å². The van der Waals surface area contributed by atoms with E-state index in [2.05, 4.69) is 16.0 Å². The molecule has 5 aliphatic carbocycles. The molecular formula is C20H35ClN4O2. The van der Waals surface area contributed by atoms with Gasteiger partial charge in [-0.2, -0.15) is 0 Å². The van der Waals surface area contributed by atoms with Crippen LogP contribution < -0.4 is 21.7 Å². The van der Waals surface area contributed by atoms with Crippen LogP contribution in [0.1, 0.15) is 64.2 Å². The molecule has 6 nitrogen and oxygen atoms in total. The van der Waals surface area contributed by atoms with Gasteiger partial charge in [0, 0.05) is 24.5 Å². The molecule has 2 unspecified atom stereocenters. The average Bonchev–Trinajstić information content (AvgIpc) is 3.00. The summed E-state index contributed by atoms with van der Waals surface area (Å²) in [4.78, 5) is 24.5. The highest BCUT2D eigenvalue weighted by atomic mass is 35.5. The van der Waals surface area contributed by atoms with Gasteiger partial charge in [-0.25, -0.2) is 4.79 Å². The standard InChI is InChI=1S/C20H34N4O2.ClH/c21-12-16-2-1-3-17(16)23-18(25)4-5-22-19(26)24-20-9-13-6-14(10-20)8-15(7-13)11-20;/h13-17H,1-12,21H2,(H,23,25)(H2,22,24,26);1H. The van der Waals surface area contributed by atoms with Crippen molar-refractivity contribution in [3.8, 4) is 0 Å². The van der Waals surface area contributed by atoms with Crippen LogP contribution in [0.15, 0.2) is 0 Å². The van der Waals surface area contributed by atoms with E-state index in [0.717, 1.165) is 56.3 Å². The van der Waals surface area contributed by atoms with E-state index >= 15 is 0 Å². The van der Waals surface area contributed by atoms with Crippen molar-refractivity contribution in [2.45, 2.75) is 75.8 Å². The monoisotopic (exact) mass is 398 g/mol. The van der Waals surface area contributed by atoms with Gasteiger partial charge >= 0.3 is 6.03 Å². The fraction of sp³-hybridized carbons (Fsp3) is 0.900. The molecule has 5 N–H and O–H groups in total. The van der Waals surface area contributed by atoms with Gasteiger partial charge in [0.15, 0.2) is 0 Å². The van der Waals surface area contributed by atoms with E-state index in [9.17, 15) is 9.59 Å². The summed E-state index contributed by atoms with van der Waals surface area (Å²) in [7, 11) is 0. The molecule has 5 rings (SSSR count). The molecule has 5 aliphatic rings. The second-order valence-corrected chi connectivity index (χ2v) is 9.43. The van der Waals surface area contributed by atoms with Gasteiger partial charge in [0.1, 0.15) is 0 Å². The molecule has 0 aliphatic heterocycles. The number of urea groups is 1. The van der Waals surface area contributed by atoms with Crippen molar-refractivity contribution in [1.82, 2.24) is 16.0 Å². The Hall–Kier alpha value is -1.01. The first kappa shape index (κ1) is 20.7. The summed E-state index contributed by atoms with van der Waals surface area (Å²) >= 11 is 0. The maximum Gasteiger partial charge on any atom is 0.315 e. The molecule has 0 aromatic carbocycles. The lowest BCUT2D eigenvalue weighted by atomic mass is 9.53. The van der Waals surface area contributed by atoms with E-state index in [1.165, 1.54) is 19.3 Å². The Morgan fingerprint density at radius 3 is 2.22 bits per heavy atom. The first-order valence-corrected chi connectivity index (χ1v) is 10.6.